The smallest absolute Gasteiger partial charge is 0.224 e. The van der Waals surface area contributed by atoms with E-state index >= 15 is 0 Å². The van der Waals surface area contributed by atoms with Crippen LogP contribution in [0, 0.1) is 3.57 Å². The molecule has 2 aromatic rings. The van der Waals surface area contributed by atoms with Crippen molar-refractivity contribution in [2.75, 3.05) is 17.2 Å². The van der Waals surface area contributed by atoms with Gasteiger partial charge < -0.3 is 10.6 Å². The van der Waals surface area contributed by atoms with Crippen molar-refractivity contribution < 1.29 is 0 Å². The predicted molar refractivity (Wildman–Crippen MR) is 88.3 cm³/mol. The Bertz CT molecular complexity index is 562. The van der Waals surface area contributed by atoms with Crippen LogP contribution in [0.25, 0.3) is 0 Å². The highest BCUT2D eigenvalue weighted by Gasteiger charge is 2.07. The fraction of sp³-hybridized carbons (Fsp3) is 0.231. The molecule has 0 aliphatic heterocycles. The normalized spacial score (nSPS) is 10.3. The van der Waals surface area contributed by atoms with Crippen molar-refractivity contribution in [3.05, 3.63) is 39.1 Å². The van der Waals surface area contributed by atoms with Crippen molar-refractivity contribution in [3.63, 3.8) is 0 Å². The Kier molecular flexibility index (Phi) is 5.21. The van der Waals surface area contributed by atoms with Crippen LogP contribution in [0.15, 0.2) is 30.5 Å². The molecule has 100 valence electrons. The molecule has 0 bridgehead atoms. The molecule has 0 aliphatic rings. The Balaban J connectivity index is 2.21. The summed E-state index contributed by atoms with van der Waals surface area (Å²) < 4.78 is 1.11. The SMILES string of the molecule is CCCNc1ncc(Cl)c(Nc2ccccc2I)n1. The minimum absolute atomic E-state index is 0.502. The van der Waals surface area contributed by atoms with E-state index in [9.17, 15) is 0 Å². The zero-order chi connectivity index (χ0) is 13.7. The van der Waals surface area contributed by atoms with E-state index in [0.29, 0.717) is 16.8 Å². The molecular weight excluding hydrogens is 375 g/mol. The van der Waals surface area contributed by atoms with Gasteiger partial charge in [0, 0.05) is 10.1 Å². The van der Waals surface area contributed by atoms with Crippen LogP contribution < -0.4 is 10.6 Å². The highest BCUT2D eigenvalue weighted by Crippen LogP contribution is 2.26. The third-order valence-electron chi connectivity index (χ3n) is 2.40. The van der Waals surface area contributed by atoms with Crippen LogP contribution >= 0.6 is 34.2 Å². The van der Waals surface area contributed by atoms with Gasteiger partial charge in [0.15, 0.2) is 5.82 Å². The second-order valence-electron chi connectivity index (χ2n) is 3.92. The van der Waals surface area contributed by atoms with E-state index in [4.69, 9.17) is 11.6 Å². The van der Waals surface area contributed by atoms with E-state index in [-0.39, 0.29) is 0 Å². The molecule has 2 N–H and O–H groups in total. The van der Waals surface area contributed by atoms with E-state index in [1.165, 1.54) is 0 Å². The zero-order valence-corrected chi connectivity index (χ0v) is 13.4. The summed E-state index contributed by atoms with van der Waals surface area (Å²) in [5.74, 6) is 1.19. The number of rotatable bonds is 5. The van der Waals surface area contributed by atoms with Crippen LogP contribution in [0.3, 0.4) is 0 Å². The first-order chi connectivity index (χ1) is 9.20. The second-order valence-corrected chi connectivity index (χ2v) is 5.49. The molecule has 19 heavy (non-hydrogen) atoms. The Morgan fingerprint density at radius 3 is 2.84 bits per heavy atom. The Labute approximate surface area is 131 Å². The lowest BCUT2D eigenvalue weighted by molar-refractivity contribution is 0.953. The number of nitrogens with zero attached hydrogens (tertiary/aromatic N) is 2. The van der Waals surface area contributed by atoms with E-state index in [1.807, 2.05) is 24.3 Å². The van der Waals surface area contributed by atoms with Crippen LogP contribution in [-0.2, 0) is 0 Å². The number of hydrogen-bond donors (Lipinski definition) is 2. The van der Waals surface area contributed by atoms with Gasteiger partial charge in [-0.1, -0.05) is 30.7 Å². The number of halogens is 2. The first kappa shape index (κ1) is 14.3. The van der Waals surface area contributed by atoms with Gasteiger partial charge in [-0.15, -0.1) is 0 Å². The molecule has 0 spiro atoms. The van der Waals surface area contributed by atoms with E-state index in [2.05, 4.69) is 50.1 Å². The summed E-state index contributed by atoms with van der Waals surface area (Å²) in [6.45, 7) is 2.93. The maximum absolute atomic E-state index is 6.11. The molecule has 4 nitrogen and oxygen atoms in total. The lowest BCUT2D eigenvalue weighted by Crippen LogP contribution is -2.06. The van der Waals surface area contributed by atoms with Crippen LogP contribution in [0.4, 0.5) is 17.5 Å². The van der Waals surface area contributed by atoms with Crippen molar-refractivity contribution in [1.82, 2.24) is 9.97 Å². The number of benzene rings is 1. The number of anilines is 3. The summed E-state index contributed by atoms with van der Waals surface area (Å²) in [5, 5.41) is 6.87. The first-order valence-electron chi connectivity index (χ1n) is 5.98. The van der Waals surface area contributed by atoms with Crippen molar-refractivity contribution in [1.29, 1.82) is 0 Å². The number of nitrogens with one attached hydrogen (secondary N) is 2. The van der Waals surface area contributed by atoms with Crippen molar-refractivity contribution in [3.8, 4) is 0 Å². The van der Waals surface area contributed by atoms with Gasteiger partial charge in [0.05, 0.1) is 11.9 Å². The fourth-order valence-electron chi connectivity index (χ4n) is 1.47. The van der Waals surface area contributed by atoms with Gasteiger partial charge in [-0.05, 0) is 41.1 Å². The van der Waals surface area contributed by atoms with Crippen LogP contribution in [0.2, 0.25) is 5.02 Å². The second kappa shape index (κ2) is 6.91. The quantitative estimate of drug-likeness (QED) is 0.750. The third-order valence-corrected chi connectivity index (χ3v) is 3.62. The van der Waals surface area contributed by atoms with E-state index < -0.39 is 0 Å². The Morgan fingerprint density at radius 2 is 2.11 bits per heavy atom. The number of hydrogen-bond acceptors (Lipinski definition) is 4. The predicted octanol–water partition coefficient (Wildman–Crippen LogP) is 4.30. The van der Waals surface area contributed by atoms with Crippen molar-refractivity contribution in [2.45, 2.75) is 13.3 Å². The maximum Gasteiger partial charge on any atom is 0.224 e. The van der Waals surface area contributed by atoms with Gasteiger partial charge in [-0.2, -0.15) is 4.98 Å². The minimum Gasteiger partial charge on any atom is -0.354 e. The van der Waals surface area contributed by atoms with E-state index in [1.54, 1.807) is 6.20 Å². The van der Waals surface area contributed by atoms with Gasteiger partial charge in [0.1, 0.15) is 5.02 Å². The monoisotopic (exact) mass is 388 g/mol. The van der Waals surface area contributed by atoms with Crippen LogP contribution in [0.1, 0.15) is 13.3 Å². The standard InChI is InChI=1S/C13H14ClIN4/c1-2-7-16-13-17-8-9(14)12(19-13)18-11-6-4-3-5-10(11)15/h3-6,8H,2,7H2,1H3,(H2,16,17,18,19). The summed E-state index contributed by atoms with van der Waals surface area (Å²) in [6, 6.07) is 7.96. The van der Waals surface area contributed by atoms with Crippen molar-refractivity contribution in [2.24, 2.45) is 0 Å². The molecule has 0 saturated carbocycles. The Hall–Kier alpha value is -1.08. The molecule has 0 saturated heterocycles. The minimum atomic E-state index is 0.502. The summed E-state index contributed by atoms with van der Waals surface area (Å²) in [7, 11) is 0. The summed E-state index contributed by atoms with van der Waals surface area (Å²) >= 11 is 8.38. The fourth-order valence-corrected chi connectivity index (χ4v) is 2.13. The molecule has 0 fully saturated rings. The molecule has 2 rings (SSSR count). The molecule has 1 aromatic heterocycles. The number of aromatic nitrogens is 2. The average Bonchev–Trinajstić information content (AvgIpc) is 2.42. The molecule has 6 heteroatoms. The molecule has 0 radical (unpaired) electrons. The lowest BCUT2D eigenvalue weighted by Gasteiger charge is -2.10. The third kappa shape index (κ3) is 3.94. The van der Waals surface area contributed by atoms with Crippen molar-refractivity contribution >= 4 is 51.6 Å². The largest absolute Gasteiger partial charge is 0.354 e. The van der Waals surface area contributed by atoms with E-state index in [0.717, 1.165) is 22.2 Å². The number of para-hydroxylation sites is 1. The van der Waals surface area contributed by atoms with Crippen LogP contribution in [-0.4, -0.2) is 16.5 Å². The average molecular weight is 389 g/mol. The maximum atomic E-state index is 6.11. The topological polar surface area (TPSA) is 49.8 Å². The highest BCUT2D eigenvalue weighted by atomic mass is 127. The zero-order valence-electron chi connectivity index (χ0n) is 10.5. The van der Waals surface area contributed by atoms with Gasteiger partial charge in [0.2, 0.25) is 5.95 Å². The van der Waals surface area contributed by atoms with Gasteiger partial charge in [-0.25, -0.2) is 4.98 Å². The summed E-state index contributed by atoms with van der Waals surface area (Å²) in [5.41, 5.74) is 0.977. The first-order valence-corrected chi connectivity index (χ1v) is 7.44. The summed E-state index contributed by atoms with van der Waals surface area (Å²) in [6.07, 6.45) is 2.62. The Morgan fingerprint density at radius 1 is 1.32 bits per heavy atom. The van der Waals surface area contributed by atoms with Gasteiger partial charge >= 0.3 is 0 Å². The summed E-state index contributed by atoms with van der Waals surface area (Å²) in [4.78, 5) is 8.52. The molecule has 0 aliphatic carbocycles. The molecule has 0 unspecified atom stereocenters. The lowest BCUT2D eigenvalue weighted by atomic mass is 10.3. The molecule has 1 heterocycles. The highest BCUT2D eigenvalue weighted by molar-refractivity contribution is 14.1. The molecular formula is C13H14ClIN4. The molecule has 0 atom stereocenters. The van der Waals surface area contributed by atoms with Gasteiger partial charge in [-0.3, -0.25) is 0 Å². The van der Waals surface area contributed by atoms with Crippen LogP contribution in [0.5, 0.6) is 0 Å². The molecule has 1 aromatic carbocycles. The van der Waals surface area contributed by atoms with Gasteiger partial charge in [0.25, 0.3) is 0 Å². The molecule has 0 amide bonds.